The average molecular weight is 294 g/mol. The van der Waals surface area contributed by atoms with Crippen LogP contribution in [0.1, 0.15) is 37.5 Å². The average Bonchev–Trinajstić information content (AvgIpc) is 2.46. The van der Waals surface area contributed by atoms with Gasteiger partial charge in [-0.2, -0.15) is 0 Å². The molecule has 0 aliphatic heterocycles. The molecule has 22 heavy (non-hydrogen) atoms. The highest BCUT2D eigenvalue weighted by atomic mass is 16.6. The van der Waals surface area contributed by atoms with E-state index in [1.807, 2.05) is 63.2 Å². The van der Waals surface area contributed by atoms with Gasteiger partial charge in [-0.3, -0.25) is 0 Å². The molecule has 0 bridgehead atoms. The molecule has 0 saturated carbocycles. The third-order valence-corrected chi connectivity index (χ3v) is 3.10. The van der Waals surface area contributed by atoms with Crippen molar-refractivity contribution >= 4 is 12.0 Å². The van der Waals surface area contributed by atoms with Gasteiger partial charge in [-0.15, -0.1) is 0 Å². The van der Waals surface area contributed by atoms with Crippen LogP contribution in [0.4, 0.5) is 0 Å². The molecule has 2 nitrogen and oxygen atoms in total. The zero-order chi connectivity index (χ0) is 16.0. The van der Waals surface area contributed by atoms with Gasteiger partial charge < -0.3 is 4.74 Å². The molecule has 0 saturated heterocycles. The summed E-state index contributed by atoms with van der Waals surface area (Å²) in [6.45, 7) is 5.59. The molecule has 0 aliphatic rings. The van der Waals surface area contributed by atoms with Gasteiger partial charge in [0.1, 0.15) is 5.60 Å². The van der Waals surface area contributed by atoms with Crippen molar-refractivity contribution in [2.24, 2.45) is 0 Å². The van der Waals surface area contributed by atoms with Gasteiger partial charge in [0.15, 0.2) is 0 Å². The minimum Gasteiger partial charge on any atom is -0.457 e. The number of rotatable bonds is 4. The second-order valence-electron chi connectivity index (χ2n) is 6.23. The molecule has 0 spiro atoms. The summed E-state index contributed by atoms with van der Waals surface area (Å²) in [4.78, 5) is 11.8. The number of esters is 1. The van der Waals surface area contributed by atoms with E-state index in [1.54, 1.807) is 0 Å². The first-order chi connectivity index (χ1) is 10.4. The Morgan fingerprint density at radius 2 is 1.64 bits per heavy atom. The molecular formula is C20H22O2. The summed E-state index contributed by atoms with van der Waals surface area (Å²) in [5.74, 6) is -0.318. The van der Waals surface area contributed by atoms with Crippen LogP contribution in [0.3, 0.4) is 0 Å². The van der Waals surface area contributed by atoms with Gasteiger partial charge in [-0.05, 0) is 50.0 Å². The van der Waals surface area contributed by atoms with Crippen LogP contribution in [-0.4, -0.2) is 11.6 Å². The number of benzene rings is 2. The van der Waals surface area contributed by atoms with Crippen molar-refractivity contribution in [1.29, 1.82) is 0 Å². The lowest BCUT2D eigenvalue weighted by Gasteiger charge is -2.18. The van der Waals surface area contributed by atoms with E-state index in [0.29, 0.717) is 0 Å². The predicted octanol–water partition coefficient (Wildman–Crippen LogP) is 4.63. The zero-order valence-electron chi connectivity index (χ0n) is 13.4. The molecule has 0 heterocycles. The molecule has 2 aromatic carbocycles. The number of ether oxygens (including phenoxy) is 1. The fraction of sp³-hybridized carbons (Fsp3) is 0.250. The van der Waals surface area contributed by atoms with Crippen LogP contribution in [0.5, 0.6) is 0 Å². The van der Waals surface area contributed by atoms with E-state index in [9.17, 15) is 4.79 Å². The Balaban J connectivity index is 2.13. The van der Waals surface area contributed by atoms with E-state index >= 15 is 0 Å². The van der Waals surface area contributed by atoms with Gasteiger partial charge in [-0.25, -0.2) is 4.79 Å². The summed E-state index contributed by atoms with van der Waals surface area (Å²) >= 11 is 0. The molecular weight excluding hydrogens is 272 g/mol. The van der Waals surface area contributed by atoms with Crippen LogP contribution in [0.15, 0.2) is 60.7 Å². The van der Waals surface area contributed by atoms with Gasteiger partial charge in [0.25, 0.3) is 0 Å². The normalized spacial score (nSPS) is 11.6. The minimum absolute atomic E-state index is 0.318. The van der Waals surface area contributed by atoms with Crippen LogP contribution in [0.2, 0.25) is 0 Å². The van der Waals surface area contributed by atoms with Crippen LogP contribution in [0.25, 0.3) is 6.08 Å². The highest BCUT2D eigenvalue weighted by Crippen LogP contribution is 2.16. The molecule has 0 aromatic heterocycles. The van der Waals surface area contributed by atoms with Gasteiger partial charge in [0.2, 0.25) is 0 Å². The van der Waals surface area contributed by atoms with E-state index in [0.717, 1.165) is 12.0 Å². The van der Waals surface area contributed by atoms with E-state index in [1.165, 1.54) is 17.2 Å². The molecule has 2 rings (SSSR count). The highest BCUT2D eigenvalue weighted by molar-refractivity contribution is 5.87. The Morgan fingerprint density at radius 1 is 1.00 bits per heavy atom. The van der Waals surface area contributed by atoms with Crippen molar-refractivity contribution in [3.05, 3.63) is 77.4 Å². The predicted molar refractivity (Wildman–Crippen MR) is 90.6 cm³/mol. The van der Waals surface area contributed by atoms with E-state index in [4.69, 9.17) is 4.74 Å². The molecule has 2 aromatic rings. The topological polar surface area (TPSA) is 26.3 Å². The maximum Gasteiger partial charge on any atom is 0.331 e. The minimum atomic E-state index is -0.467. The van der Waals surface area contributed by atoms with Crippen LogP contribution >= 0.6 is 0 Å². The third-order valence-electron chi connectivity index (χ3n) is 3.10. The molecule has 0 radical (unpaired) electrons. The highest BCUT2D eigenvalue weighted by Gasteiger charge is 2.13. The summed E-state index contributed by atoms with van der Waals surface area (Å²) in [5.41, 5.74) is 3.01. The Morgan fingerprint density at radius 3 is 2.32 bits per heavy atom. The van der Waals surface area contributed by atoms with Crippen molar-refractivity contribution in [2.75, 3.05) is 0 Å². The molecule has 0 unspecified atom stereocenters. The van der Waals surface area contributed by atoms with Gasteiger partial charge >= 0.3 is 5.97 Å². The summed E-state index contributed by atoms with van der Waals surface area (Å²) in [6.07, 6.45) is 4.16. The van der Waals surface area contributed by atoms with E-state index in [-0.39, 0.29) is 5.97 Å². The third kappa shape index (κ3) is 5.21. The second kappa shape index (κ2) is 7.08. The molecule has 0 N–H and O–H groups in total. The summed E-state index contributed by atoms with van der Waals surface area (Å²) in [6, 6.07) is 18.4. The summed E-state index contributed by atoms with van der Waals surface area (Å²) in [5, 5.41) is 0. The Kier molecular flexibility index (Phi) is 5.16. The molecule has 0 amide bonds. The maximum absolute atomic E-state index is 11.8. The standard InChI is InChI=1S/C20H22O2/c1-20(2,3)22-19(21)14-13-17-11-7-8-12-18(17)15-16-9-5-4-6-10-16/h4-14H,15H2,1-3H3. The fourth-order valence-electron chi connectivity index (χ4n) is 2.17. The molecule has 2 heteroatoms. The fourth-order valence-corrected chi connectivity index (χ4v) is 2.17. The summed E-state index contributed by atoms with van der Waals surface area (Å²) < 4.78 is 5.29. The lowest BCUT2D eigenvalue weighted by Crippen LogP contribution is -2.22. The van der Waals surface area contributed by atoms with E-state index in [2.05, 4.69) is 18.2 Å². The number of carbonyl (C=O) groups excluding carboxylic acids is 1. The number of carbonyl (C=O) groups is 1. The molecule has 0 fully saturated rings. The van der Waals surface area contributed by atoms with Crippen LogP contribution in [0, 0.1) is 0 Å². The van der Waals surface area contributed by atoms with Gasteiger partial charge in [0.05, 0.1) is 0 Å². The first kappa shape index (κ1) is 16.0. The van der Waals surface area contributed by atoms with Crippen molar-refractivity contribution in [3.63, 3.8) is 0 Å². The zero-order valence-corrected chi connectivity index (χ0v) is 13.4. The first-order valence-corrected chi connectivity index (χ1v) is 7.47. The second-order valence-corrected chi connectivity index (χ2v) is 6.23. The molecule has 0 aliphatic carbocycles. The van der Waals surface area contributed by atoms with E-state index < -0.39 is 5.60 Å². The number of hydrogen-bond acceptors (Lipinski definition) is 2. The largest absolute Gasteiger partial charge is 0.457 e. The first-order valence-electron chi connectivity index (χ1n) is 7.47. The Hall–Kier alpha value is -2.35. The lowest BCUT2D eigenvalue weighted by molar-refractivity contribution is -0.148. The Bertz CT molecular complexity index is 649. The SMILES string of the molecule is CC(C)(C)OC(=O)C=Cc1ccccc1Cc1ccccc1. The van der Waals surface area contributed by atoms with Crippen molar-refractivity contribution in [1.82, 2.24) is 0 Å². The smallest absolute Gasteiger partial charge is 0.331 e. The quantitative estimate of drug-likeness (QED) is 0.607. The monoisotopic (exact) mass is 294 g/mol. The summed E-state index contributed by atoms with van der Waals surface area (Å²) in [7, 11) is 0. The van der Waals surface area contributed by atoms with Crippen LogP contribution < -0.4 is 0 Å². The Labute approximate surface area is 132 Å². The number of hydrogen-bond donors (Lipinski definition) is 0. The van der Waals surface area contributed by atoms with Crippen molar-refractivity contribution in [3.8, 4) is 0 Å². The molecule has 0 atom stereocenters. The van der Waals surface area contributed by atoms with Crippen molar-refractivity contribution in [2.45, 2.75) is 32.8 Å². The van der Waals surface area contributed by atoms with Crippen molar-refractivity contribution < 1.29 is 9.53 Å². The van der Waals surface area contributed by atoms with Crippen LogP contribution in [-0.2, 0) is 16.0 Å². The van der Waals surface area contributed by atoms with Gasteiger partial charge in [-0.1, -0.05) is 54.6 Å². The lowest BCUT2D eigenvalue weighted by atomic mass is 9.99. The maximum atomic E-state index is 11.8. The molecule has 114 valence electrons. The van der Waals surface area contributed by atoms with Gasteiger partial charge in [0, 0.05) is 6.08 Å².